The zero-order chi connectivity index (χ0) is 79.7. The van der Waals surface area contributed by atoms with Gasteiger partial charge in [0.15, 0.2) is 12.2 Å². The molecule has 0 aliphatic rings. The SMILES string of the molecule is CCCCCCCCCCCCCCCCCCCCCC(=O)OC[C@H](COP(=O)(O)OC[C@@H](O)COP(=O)(O)OC[C@@H](COC(=O)CCCCCCCCCCCCC)OC(=O)CCCCCCCCCCCCCCCCCCC)OC(=O)CCCCCCCCCCCCCCCCCCCCC(C)CC. The fourth-order valence-corrected chi connectivity index (χ4v) is 15.7. The summed E-state index contributed by atoms with van der Waals surface area (Å²) < 4.78 is 69.0. The van der Waals surface area contributed by atoms with Gasteiger partial charge in [-0.1, -0.05) is 439 Å². The molecule has 19 heteroatoms. The summed E-state index contributed by atoms with van der Waals surface area (Å²) in [6.45, 7) is 7.46. The number of carbonyl (C=O) groups is 4. The van der Waals surface area contributed by atoms with Crippen molar-refractivity contribution in [2.45, 2.75) is 509 Å². The first-order valence-corrected chi connectivity index (χ1v) is 49.7. The Morgan fingerprint density at radius 2 is 0.440 bits per heavy atom. The third-order valence-corrected chi connectivity index (χ3v) is 23.5. The van der Waals surface area contributed by atoms with Crippen molar-refractivity contribution in [1.29, 1.82) is 0 Å². The smallest absolute Gasteiger partial charge is 0.462 e. The van der Waals surface area contributed by atoms with Crippen molar-refractivity contribution in [1.82, 2.24) is 0 Å². The van der Waals surface area contributed by atoms with Gasteiger partial charge in [0, 0.05) is 25.7 Å². The zero-order valence-electron chi connectivity index (χ0n) is 71.7. The summed E-state index contributed by atoms with van der Waals surface area (Å²) in [6, 6.07) is 0. The minimum absolute atomic E-state index is 0.109. The maximum absolute atomic E-state index is 13.2. The fraction of sp³-hybridized carbons (Fsp3) is 0.956. The molecule has 3 N–H and O–H groups in total. The van der Waals surface area contributed by atoms with E-state index in [0.29, 0.717) is 25.7 Å². The van der Waals surface area contributed by atoms with Gasteiger partial charge in [-0.3, -0.25) is 37.3 Å². The van der Waals surface area contributed by atoms with Crippen LogP contribution in [0.4, 0.5) is 0 Å². The maximum atomic E-state index is 13.2. The Kier molecular flexibility index (Phi) is 81.1. The highest BCUT2D eigenvalue weighted by Crippen LogP contribution is 2.45. The van der Waals surface area contributed by atoms with E-state index in [0.717, 1.165) is 95.8 Å². The third-order valence-electron chi connectivity index (χ3n) is 21.6. The first kappa shape index (κ1) is 107. The normalized spacial score (nSPS) is 13.9. The fourth-order valence-electron chi connectivity index (χ4n) is 14.1. The number of rotatable bonds is 90. The van der Waals surface area contributed by atoms with Crippen LogP contribution in [0.3, 0.4) is 0 Å². The second kappa shape index (κ2) is 82.6. The number of phosphoric acid groups is 2. The topological polar surface area (TPSA) is 237 Å². The molecule has 0 radical (unpaired) electrons. The highest BCUT2D eigenvalue weighted by Gasteiger charge is 2.31. The molecule has 17 nitrogen and oxygen atoms in total. The van der Waals surface area contributed by atoms with E-state index in [1.165, 1.54) is 315 Å². The van der Waals surface area contributed by atoms with E-state index in [9.17, 15) is 43.2 Å². The van der Waals surface area contributed by atoms with Crippen LogP contribution in [0.15, 0.2) is 0 Å². The summed E-state index contributed by atoms with van der Waals surface area (Å²) in [5.74, 6) is -1.22. The molecule has 0 saturated heterocycles. The molecule has 0 aromatic rings. The minimum Gasteiger partial charge on any atom is -0.462 e. The third kappa shape index (κ3) is 82.4. The number of ether oxygens (including phenoxy) is 4. The van der Waals surface area contributed by atoms with Gasteiger partial charge in [0.25, 0.3) is 0 Å². The van der Waals surface area contributed by atoms with E-state index in [2.05, 4.69) is 34.6 Å². The summed E-state index contributed by atoms with van der Waals surface area (Å²) in [5.41, 5.74) is 0. The van der Waals surface area contributed by atoms with Crippen LogP contribution < -0.4 is 0 Å². The van der Waals surface area contributed by atoms with Crippen molar-refractivity contribution in [2.75, 3.05) is 39.6 Å². The van der Waals surface area contributed by atoms with E-state index in [1.54, 1.807) is 0 Å². The predicted octanol–water partition coefficient (Wildman–Crippen LogP) is 27.9. The molecule has 0 spiro atoms. The lowest BCUT2D eigenvalue weighted by Crippen LogP contribution is -2.30. The van der Waals surface area contributed by atoms with Crippen LogP contribution in [-0.2, 0) is 65.4 Å². The largest absolute Gasteiger partial charge is 0.472 e. The van der Waals surface area contributed by atoms with E-state index in [4.69, 9.17) is 37.0 Å². The van der Waals surface area contributed by atoms with Gasteiger partial charge >= 0.3 is 39.5 Å². The summed E-state index contributed by atoms with van der Waals surface area (Å²) in [6.07, 6.45) is 77.7. The predicted molar refractivity (Wildman–Crippen MR) is 451 cm³/mol. The van der Waals surface area contributed by atoms with Crippen LogP contribution in [-0.4, -0.2) is 96.7 Å². The van der Waals surface area contributed by atoms with Gasteiger partial charge in [0.1, 0.15) is 19.3 Å². The molecule has 0 aliphatic heterocycles. The minimum atomic E-state index is -4.97. The molecule has 0 bridgehead atoms. The molecule has 0 aliphatic carbocycles. The van der Waals surface area contributed by atoms with Gasteiger partial charge in [-0.15, -0.1) is 0 Å². The molecule has 3 unspecified atom stereocenters. The molecule has 648 valence electrons. The standard InChI is InChI=1S/C90H176O17P2/c1-6-10-13-16-19-22-25-27-29-31-32-37-40-44-49-54-59-64-69-74-88(93)101-80-86(107-90(95)76-71-66-61-56-51-46-42-38-34-33-36-39-43-48-52-57-62-67-72-83(5)9-4)82-105-109(98,99)103-78-84(91)77-102-108(96,97)104-81-85(79-100-87(92)73-68-63-58-53-47-24-21-18-15-12-8-3)106-89(94)75-70-65-60-55-50-45-41-35-30-28-26-23-20-17-14-11-7-2/h83-86,91H,6-82H2,1-5H3,(H,96,97)(H,98,99)/t83?,84-,85+,86+/m0/s1. The van der Waals surface area contributed by atoms with Crippen molar-refractivity contribution in [2.24, 2.45) is 5.92 Å². The summed E-state index contributed by atoms with van der Waals surface area (Å²) in [5, 5.41) is 10.7. The van der Waals surface area contributed by atoms with E-state index < -0.39 is 97.5 Å². The van der Waals surface area contributed by atoms with Crippen LogP contribution in [0, 0.1) is 5.92 Å². The van der Waals surface area contributed by atoms with E-state index >= 15 is 0 Å². The first-order valence-electron chi connectivity index (χ1n) is 46.7. The van der Waals surface area contributed by atoms with E-state index in [-0.39, 0.29) is 25.7 Å². The Bertz CT molecular complexity index is 2070. The Labute approximate surface area is 670 Å². The second-order valence-electron chi connectivity index (χ2n) is 32.6. The zero-order valence-corrected chi connectivity index (χ0v) is 73.5. The average Bonchev–Trinajstić information content (AvgIpc) is 0.899. The highest BCUT2D eigenvalue weighted by atomic mass is 31.2. The van der Waals surface area contributed by atoms with Crippen LogP contribution >= 0.6 is 15.6 Å². The van der Waals surface area contributed by atoms with Crippen molar-refractivity contribution < 1.29 is 80.2 Å². The molecule has 0 aromatic carbocycles. The number of unbranched alkanes of at least 4 members (excludes halogenated alkanes) is 61. The molecule has 0 amide bonds. The van der Waals surface area contributed by atoms with Gasteiger partial charge in [-0.25, -0.2) is 9.13 Å². The van der Waals surface area contributed by atoms with Crippen molar-refractivity contribution >= 4 is 39.5 Å². The number of carbonyl (C=O) groups excluding carboxylic acids is 4. The molecule has 0 heterocycles. The molecular formula is C90H176O17P2. The quantitative estimate of drug-likeness (QED) is 0.0222. The van der Waals surface area contributed by atoms with E-state index in [1.807, 2.05) is 0 Å². The van der Waals surface area contributed by atoms with Crippen LogP contribution in [0.25, 0.3) is 0 Å². The lowest BCUT2D eigenvalue weighted by molar-refractivity contribution is -0.161. The summed E-state index contributed by atoms with van der Waals surface area (Å²) >= 11 is 0. The lowest BCUT2D eigenvalue weighted by Gasteiger charge is -2.21. The lowest BCUT2D eigenvalue weighted by atomic mass is 9.99. The molecule has 109 heavy (non-hydrogen) atoms. The van der Waals surface area contributed by atoms with Gasteiger partial charge in [0.2, 0.25) is 0 Å². The number of esters is 4. The summed E-state index contributed by atoms with van der Waals surface area (Å²) in [7, 11) is -9.93. The molecule has 0 fully saturated rings. The Morgan fingerprint density at radius 3 is 0.651 bits per heavy atom. The van der Waals surface area contributed by atoms with Gasteiger partial charge < -0.3 is 33.8 Å². The van der Waals surface area contributed by atoms with Crippen molar-refractivity contribution in [3.63, 3.8) is 0 Å². The van der Waals surface area contributed by atoms with Crippen LogP contribution in [0.2, 0.25) is 0 Å². The first-order chi connectivity index (χ1) is 53.1. The number of aliphatic hydroxyl groups is 1. The number of hydrogen-bond acceptors (Lipinski definition) is 15. The Morgan fingerprint density at radius 1 is 0.257 bits per heavy atom. The van der Waals surface area contributed by atoms with Gasteiger partial charge in [-0.05, 0) is 31.6 Å². The molecule has 0 saturated carbocycles. The van der Waals surface area contributed by atoms with Crippen LogP contribution in [0.1, 0.15) is 490 Å². The van der Waals surface area contributed by atoms with Crippen LogP contribution in [0.5, 0.6) is 0 Å². The molecule has 6 atom stereocenters. The second-order valence-corrected chi connectivity index (χ2v) is 35.5. The number of phosphoric ester groups is 2. The van der Waals surface area contributed by atoms with Crippen molar-refractivity contribution in [3.05, 3.63) is 0 Å². The summed E-state index contributed by atoms with van der Waals surface area (Å²) in [4.78, 5) is 73.4. The number of hydrogen-bond donors (Lipinski definition) is 3. The average molecular weight is 1590 g/mol. The van der Waals surface area contributed by atoms with Gasteiger partial charge in [0.05, 0.1) is 26.4 Å². The highest BCUT2D eigenvalue weighted by molar-refractivity contribution is 7.47. The number of aliphatic hydroxyl groups excluding tert-OH is 1. The Balaban J connectivity index is 5.23. The molecular weight excluding hydrogens is 1410 g/mol. The molecule has 0 aromatic heterocycles. The van der Waals surface area contributed by atoms with Crippen molar-refractivity contribution in [3.8, 4) is 0 Å². The Hall–Kier alpha value is -1.94. The monoisotopic (exact) mass is 1590 g/mol. The maximum Gasteiger partial charge on any atom is 0.472 e. The van der Waals surface area contributed by atoms with Gasteiger partial charge in [-0.2, -0.15) is 0 Å². The molecule has 0 rings (SSSR count).